The summed E-state index contributed by atoms with van der Waals surface area (Å²) in [6, 6.07) is 0. The van der Waals surface area contributed by atoms with Gasteiger partial charge in [0.2, 0.25) is 0 Å². The molecular formula is C17H28O3. The Morgan fingerprint density at radius 1 is 1.40 bits per heavy atom. The average molecular weight is 280 g/mol. The number of hydrogen-bond donors (Lipinski definition) is 1. The van der Waals surface area contributed by atoms with Crippen LogP contribution in [0.3, 0.4) is 0 Å². The van der Waals surface area contributed by atoms with Gasteiger partial charge in [0, 0.05) is 18.8 Å². The highest BCUT2D eigenvalue weighted by Crippen LogP contribution is 2.51. The van der Waals surface area contributed by atoms with Crippen molar-refractivity contribution in [2.75, 3.05) is 0 Å². The molecule has 0 saturated heterocycles. The van der Waals surface area contributed by atoms with Crippen molar-refractivity contribution in [3.63, 3.8) is 0 Å². The van der Waals surface area contributed by atoms with Crippen LogP contribution < -0.4 is 0 Å². The summed E-state index contributed by atoms with van der Waals surface area (Å²) in [7, 11) is 0. The zero-order chi connectivity index (χ0) is 15.1. The highest BCUT2D eigenvalue weighted by molar-refractivity contribution is 5.66. The number of aliphatic hydroxyl groups is 1. The minimum atomic E-state index is -0.684. The van der Waals surface area contributed by atoms with Crippen LogP contribution in [0.15, 0.2) is 11.6 Å². The molecule has 0 spiro atoms. The van der Waals surface area contributed by atoms with Crippen molar-refractivity contribution in [1.29, 1.82) is 0 Å². The van der Waals surface area contributed by atoms with E-state index >= 15 is 0 Å². The Labute approximate surface area is 122 Å². The van der Waals surface area contributed by atoms with Crippen molar-refractivity contribution in [3.05, 3.63) is 11.6 Å². The second kappa shape index (κ2) is 5.18. The van der Waals surface area contributed by atoms with Crippen molar-refractivity contribution < 1.29 is 14.6 Å². The van der Waals surface area contributed by atoms with Crippen LogP contribution in [0.25, 0.3) is 0 Å². The van der Waals surface area contributed by atoms with Gasteiger partial charge >= 0.3 is 5.97 Å². The summed E-state index contributed by atoms with van der Waals surface area (Å²) in [6.07, 6.45) is 5.78. The van der Waals surface area contributed by atoms with Crippen LogP contribution in [-0.2, 0) is 9.53 Å². The van der Waals surface area contributed by atoms with Gasteiger partial charge in [-0.1, -0.05) is 25.5 Å². The Morgan fingerprint density at radius 2 is 2.05 bits per heavy atom. The topological polar surface area (TPSA) is 46.5 Å². The van der Waals surface area contributed by atoms with Gasteiger partial charge in [0.25, 0.3) is 0 Å². The smallest absolute Gasteiger partial charge is 0.303 e. The normalized spacial score (nSPS) is 41.0. The molecule has 20 heavy (non-hydrogen) atoms. The van der Waals surface area contributed by atoms with E-state index < -0.39 is 11.2 Å². The Kier molecular flexibility index (Phi) is 4.03. The van der Waals surface area contributed by atoms with Crippen molar-refractivity contribution in [2.24, 2.45) is 17.8 Å². The van der Waals surface area contributed by atoms with Gasteiger partial charge in [0.15, 0.2) is 0 Å². The fourth-order valence-corrected chi connectivity index (χ4v) is 4.04. The summed E-state index contributed by atoms with van der Waals surface area (Å²) in [6.45, 7) is 9.84. The second-order valence-electron chi connectivity index (χ2n) is 7.33. The largest absolute Gasteiger partial charge is 0.459 e. The van der Waals surface area contributed by atoms with Crippen LogP contribution in [0.4, 0.5) is 0 Å². The third kappa shape index (κ3) is 2.78. The van der Waals surface area contributed by atoms with Gasteiger partial charge in [-0.05, 0) is 45.4 Å². The van der Waals surface area contributed by atoms with Crippen LogP contribution in [0.2, 0.25) is 0 Å². The summed E-state index contributed by atoms with van der Waals surface area (Å²) in [5, 5.41) is 10.7. The van der Waals surface area contributed by atoms with E-state index in [0.717, 1.165) is 25.7 Å². The molecule has 0 aromatic carbocycles. The summed E-state index contributed by atoms with van der Waals surface area (Å²) in [5.74, 6) is 0.571. The van der Waals surface area contributed by atoms with E-state index in [1.165, 1.54) is 12.5 Å². The predicted molar refractivity (Wildman–Crippen MR) is 79.2 cm³/mol. The number of esters is 1. The first-order chi connectivity index (χ1) is 9.16. The Balaban J connectivity index is 2.38. The number of ether oxygens (including phenoxy) is 1. The molecule has 2 aliphatic rings. The van der Waals surface area contributed by atoms with Gasteiger partial charge in [-0.25, -0.2) is 0 Å². The quantitative estimate of drug-likeness (QED) is 0.622. The summed E-state index contributed by atoms with van der Waals surface area (Å²) in [5.41, 5.74) is 0.249. The minimum Gasteiger partial charge on any atom is -0.459 e. The Hall–Kier alpha value is -0.830. The van der Waals surface area contributed by atoms with Gasteiger partial charge in [-0.3, -0.25) is 4.79 Å². The molecule has 114 valence electrons. The van der Waals surface area contributed by atoms with Crippen LogP contribution in [0.1, 0.15) is 60.3 Å². The summed E-state index contributed by atoms with van der Waals surface area (Å²) in [4.78, 5) is 11.5. The maximum atomic E-state index is 11.5. The number of rotatable bonds is 2. The van der Waals surface area contributed by atoms with Crippen molar-refractivity contribution in [2.45, 2.75) is 71.5 Å². The predicted octanol–water partition coefficient (Wildman–Crippen LogP) is 3.46. The van der Waals surface area contributed by atoms with Gasteiger partial charge in [0.05, 0.1) is 5.60 Å². The molecule has 0 aromatic heterocycles. The fourth-order valence-electron chi connectivity index (χ4n) is 4.04. The number of hydrogen-bond acceptors (Lipinski definition) is 3. The first-order valence-electron chi connectivity index (χ1n) is 7.78. The number of allylic oxidation sites excluding steroid dienone is 1. The lowest BCUT2D eigenvalue weighted by Crippen LogP contribution is -2.43. The lowest BCUT2D eigenvalue weighted by molar-refractivity contribution is -0.164. The van der Waals surface area contributed by atoms with Crippen LogP contribution in [0, 0.1) is 17.8 Å². The number of carbonyl (C=O) groups is 1. The fraction of sp³-hybridized carbons (Fsp3) is 0.824. The van der Waals surface area contributed by atoms with Gasteiger partial charge in [-0.2, -0.15) is 0 Å². The number of carbonyl (C=O) groups excluding carboxylic acids is 1. The molecule has 0 amide bonds. The molecule has 4 atom stereocenters. The maximum Gasteiger partial charge on any atom is 0.303 e. The van der Waals surface area contributed by atoms with Crippen LogP contribution in [-0.4, -0.2) is 22.3 Å². The van der Waals surface area contributed by atoms with E-state index in [0.29, 0.717) is 5.92 Å². The Bertz CT molecular complexity index is 422. The van der Waals surface area contributed by atoms with Gasteiger partial charge in [0.1, 0.15) is 5.60 Å². The lowest BCUT2D eigenvalue weighted by atomic mass is 9.77. The molecular weight excluding hydrogens is 252 g/mol. The second-order valence-corrected chi connectivity index (χ2v) is 7.33. The molecule has 1 saturated carbocycles. The first kappa shape index (κ1) is 15.6. The molecule has 0 aromatic rings. The molecule has 3 nitrogen and oxygen atoms in total. The van der Waals surface area contributed by atoms with E-state index in [-0.39, 0.29) is 17.8 Å². The van der Waals surface area contributed by atoms with Crippen molar-refractivity contribution in [3.8, 4) is 0 Å². The third-order valence-electron chi connectivity index (χ3n) is 5.32. The monoisotopic (exact) mass is 280 g/mol. The molecule has 2 aliphatic carbocycles. The average Bonchev–Trinajstić information content (AvgIpc) is 2.50. The highest BCUT2D eigenvalue weighted by atomic mass is 16.6. The van der Waals surface area contributed by atoms with Crippen LogP contribution in [0.5, 0.6) is 0 Å². The van der Waals surface area contributed by atoms with Crippen LogP contribution >= 0.6 is 0 Å². The SMILES string of the molecule is CC(=O)O[C@]1(C)CCC(C(C)C)=C[C@H]2[C@H]1CC[C@]2(C)O. The van der Waals surface area contributed by atoms with Crippen molar-refractivity contribution in [1.82, 2.24) is 0 Å². The zero-order valence-electron chi connectivity index (χ0n) is 13.4. The summed E-state index contributed by atoms with van der Waals surface area (Å²) < 4.78 is 5.71. The molecule has 3 heteroatoms. The molecule has 0 heterocycles. The maximum absolute atomic E-state index is 11.5. The standard InChI is InChI=1S/C17H28O3/c1-11(2)13-6-9-17(5,20-12(3)18)14-7-8-16(4,19)15(14)10-13/h10-11,14-15,19H,6-9H2,1-5H3/t14-,15+,16+,17-/m1/s1. The molecule has 2 rings (SSSR count). The summed E-state index contributed by atoms with van der Waals surface area (Å²) >= 11 is 0. The molecule has 1 N–H and O–H groups in total. The molecule has 0 aliphatic heterocycles. The molecule has 0 unspecified atom stereocenters. The minimum absolute atomic E-state index is 0.0896. The molecule has 0 bridgehead atoms. The third-order valence-corrected chi connectivity index (χ3v) is 5.32. The lowest BCUT2D eigenvalue weighted by Gasteiger charge is -2.38. The Morgan fingerprint density at radius 3 is 2.60 bits per heavy atom. The van der Waals surface area contributed by atoms with Gasteiger partial charge < -0.3 is 9.84 Å². The van der Waals surface area contributed by atoms with Gasteiger partial charge in [-0.15, -0.1) is 0 Å². The van der Waals surface area contributed by atoms with Crippen molar-refractivity contribution >= 4 is 5.97 Å². The molecule has 0 radical (unpaired) electrons. The number of fused-ring (bicyclic) bond motifs is 1. The molecule has 1 fully saturated rings. The van der Waals surface area contributed by atoms with E-state index in [9.17, 15) is 9.90 Å². The van der Waals surface area contributed by atoms with E-state index in [1.807, 2.05) is 13.8 Å². The van der Waals surface area contributed by atoms with E-state index in [1.54, 1.807) is 0 Å². The van der Waals surface area contributed by atoms with E-state index in [2.05, 4.69) is 19.9 Å². The highest BCUT2D eigenvalue weighted by Gasteiger charge is 2.53. The zero-order valence-corrected chi connectivity index (χ0v) is 13.4. The van der Waals surface area contributed by atoms with E-state index in [4.69, 9.17) is 4.74 Å². The first-order valence-corrected chi connectivity index (χ1v) is 7.78.